The normalized spacial score (nSPS) is 16.8. The van der Waals surface area contributed by atoms with Gasteiger partial charge in [0.05, 0.1) is 7.11 Å². The first-order valence-corrected chi connectivity index (χ1v) is 8.53. The summed E-state index contributed by atoms with van der Waals surface area (Å²) < 4.78 is 5.16. The van der Waals surface area contributed by atoms with Crippen molar-refractivity contribution in [2.45, 2.75) is 25.7 Å². The molecule has 5 heteroatoms. The second-order valence-corrected chi connectivity index (χ2v) is 6.17. The predicted octanol–water partition coefficient (Wildman–Crippen LogP) is 1.60. The lowest BCUT2D eigenvalue weighted by Gasteiger charge is -2.27. The van der Waals surface area contributed by atoms with Crippen molar-refractivity contribution in [1.82, 2.24) is 15.5 Å². The third kappa shape index (κ3) is 6.20. The third-order valence-electron chi connectivity index (χ3n) is 4.36. The Morgan fingerprint density at radius 3 is 2.65 bits per heavy atom. The molecule has 1 aromatic rings. The summed E-state index contributed by atoms with van der Waals surface area (Å²) in [5.41, 5.74) is 1.17. The van der Waals surface area contributed by atoms with E-state index in [1.807, 2.05) is 24.3 Å². The Kier molecular flexibility index (Phi) is 7.36. The van der Waals surface area contributed by atoms with Crippen LogP contribution in [0.1, 0.15) is 31.2 Å². The van der Waals surface area contributed by atoms with Gasteiger partial charge in [0.2, 0.25) is 5.91 Å². The fourth-order valence-corrected chi connectivity index (χ4v) is 2.87. The van der Waals surface area contributed by atoms with Gasteiger partial charge >= 0.3 is 0 Å². The molecule has 1 amide bonds. The van der Waals surface area contributed by atoms with E-state index in [1.54, 1.807) is 7.11 Å². The fraction of sp³-hybridized carbons (Fsp3) is 0.611. The van der Waals surface area contributed by atoms with Gasteiger partial charge in [0.25, 0.3) is 0 Å². The second kappa shape index (κ2) is 9.53. The van der Waals surface area contributed by atoms with Crippen LogP contribution in [0.5, 0.6) is 5.75 Å². The predicted molar refractivity (Wildman–Crippen MR) is 93.0 cm³/mol. The van der Waals surface area contributed by atoms with Gasteiger partial charge in [-0.25, -0.2) is 0 Å². The number of nitrogens with zero attached hydrogens (tertiary/aromatic N) is 1. The highest BCUT2D eigenvalue weighted by molar-refractivity contribution is 5.76. The maximum atomic E-state index is 12.0. The van der Waals surface area contributed by atoms with Crippen molar-refractivity contribution in [3.63, 3.8) is 0 Å². The van der Waals surface area contributed by atoms with Crippen LogP contribution < -0.4 is 15.4 Å². The number of amides is 1. The zero-order valence-corrected chi connectivity index (χ0v) is 14.3. The largest absolute Gasteiger partial charge is 0.497 e. The van der Waals surface area contributed by atoms with Crippen LogP contribution in [0.4, 0.5) is 0 Å². The van der Waals surface area contributed by atoms with Crippen molar-refractivity contribution in [2.75, 3.05) is 46.4 Å². The van der Waals surface area contributed by atoms with Crippen LogP contribution in [0.2, 0.25) is 0 Å². The van der Waals surface area contributed by atoms with E-state index in [2.05, 4.69) is 22.5 Å². The molecular weight excluding hydrogens is 290 g/mol. The Morgan fingerprint density at radius 2 is 2.00 bits per heavy atom. The summed E-state index contributed by atoms with van der Waals surface area (Å²) in [6.45, 7) is 8.29. The number of piperazine rings is 1. The quantitative estimate of drug-likeness (QED) is 0.715. The molecular formula is C18H29N3O2. The van der Waals surface area contributed by atoms with Crippen molar-refractivity contribution in [3.8, 4) is 5.75 Å². The number of carbonyl (C=O) groups is 1. The SMILES string of the molecule is COc1ccc(C(C)CC(=O)NCCCN2CCNCC2)cc1. The van der Waals surface area contributed by atoms with Gasteiger partial charge in [-0.15, -0.1) is 0 Å². The molecule has 1 atom stereocenters. The van der Waals surface area contributed by atoms with Crippen molar-refractivity contribution in [3.05, 3.63) is 29.8 Å². The number of nitrogens with one attached hydrogen (secondary N) is 2. The number of rotatable bonds is 8. The minimum Gasteiger partial charge on any atom is -0.497 e. The van der Waals surface area contributed by atoms with Gasteiger partial charge in [0, 0.05) is 39.1 Å². The van der Waals surface area contributed by atoms with Crippen LogP contribution in [0.3, 0.4) is 0 Å². The molecule has 0 radical (unpaired) electrons. The molecule has 2 N–H and O–H groups in total. The highest BCUT2D eigenvalue weighted by Crippen LogP contribution is 2.21. The lowest BCUT2D eigenvalue weighted by Crippen LogP contribution is -2.44. The Balaban J connectivity index is 1.63. The average Bonchev–Trinajstić information content (AvgIpc) is 2.59. The van der Waals surface area contributed by atoms with E-state index < -0.39 is 0 Å². The number of hydrogen-bond acceptors (Lipinski definition) is 4. The zero-order chi connectivity index (χ0) is 16.5. The molecule has 128 valence electrons. The molecule has 1 aliphatic heterocycles. The molecule has 0 saturated carbocycles. The minimum atomic E-state index is 0.133. The second-order valence-electron chi connectivity index (χ2n) is 6.17. The van der Waals surface area contributed by atoms with Crippen molar-refractivity contribution >= 4 is 5.91 Å². The average molecular weight is 319 g/mol. The molecule has 0 aromatic heterocycles. The summed E-state index contributed by atoms with van der Waals surface area (Å²) in [5, 5.41) is 6.39. The van der Waals surface area contributed by atoms with Crippen LogP contribution in [0, 0.1) is 0 Å². The maximum Gasteiger partial charge on any atom is 0.220 e. The summed E-state index contributed by atoms with van der Waals surface area (Å²) in [4.78, 5) is 14.5. The van der Waals surface area contributed by atoms with Gasteiger partial charge in [0.1, 0.15) is 5.75 Å². The van der Waals surface area contributed by atoms with Gasteiger partial charge in [-0.05, 0) is 36.6 Å². The van der Waals surface area contributed by atoms with Crippen LogP contribution >= 0.6 is 0 Å². The van der Waals surface area contributed by atoms with Gasteiger partial charge in [-0.1, -0.05) is 19.1 Å². The van der Waals surface area contributed by atoms with Crippen molar-refractivity contribution < 1.29 is 9.53 Å². The Morgan fingerprint density at radius 1 is 1.30 bits per heavy atom. The Labute approximate surface area is 139 Å². The fourth-order valence-electron chi connectivity index (χ4n) is 2.87. The van der Waals surface area contributed by atoms with E-state index in [1.165, 1.54) is 5.56 Å². The number of benzene rings is 1. The molecule has 0 bridgehead atoms. The molecule has 23 heavy (non-hydrogen) atoms. The van der Waals surface area contributed by atoms with Crippen molar-refractivity contribution in [1.29, 1.82) is 0 Å². The molecule has 1 saturated heterocycles. The highest BCUT2D eigenvalue weighted by atomic mass is 16.5. The molecule has 2 rings (SSSR count). The summed E-state index contributed by atoms with van der Waals surface area (Å²) in [7, 11) is 1.66. The Hall–Kier alpha value is -1.59. The van der Waals surface area contributed by atoms with E-state index in [9.17, 15) is 4.79 Å². The summed E-state index contributed by atoms with van der Waals surface area (Å²) >= 11 is 0. The van der Waals surface area contributed by atoms with E-state index in [-0.39, 0.29) is 11.8 Å². The lowest BCUT2D eigenvalue weighted by molar-refractivity contribution is -0.121. The number of ether oxygens (including phenoxy) is 1. The molecule has 0 spiro atoms. The zero-order valence-electron chi connectivity index (χ0n) is 14.3. The number of carbonyl (C=O) groups excluding carboxylic acids is 1. The molecule has 1 unspecified atom stereocenters. The van der Waals surface area contributed by atoms with E-state index in [0.29, 0.717) is 6.42 Å². The van der Waals surface area contributed by atoms with E-state index in [4.69, 9.17) is 4.74 Å². The number of methoxy groups -OCH3 is 1. The maximum absolute atomic E-state index is 12.0. The molecule has 1 aromatic carbocycles. The smallest absolute Gasteiger partial charge is 0.220 e. The number of hydrogen-bond donors (Lipinski definition) is 2. The van der Waals surface area contributed by atoms with Crippen molar-refractivity contribution in [2.24, 2.45) is 0 Å². The summed E-state index contributed by atoms with van der Waals surface area (Å²) in [5.74, 6) is 1.20. The van der Waals surface area contributed by atoms with Crippen LogP contribution in [0.15, 0.2) is 24.3 Å². The molecule has 5 nitrogen and oxygen atoms in total. The standard InChI is InChI=1S/C18H29N3O2/c1-15(16-4-6-17(23-2)7-5-16)14-18(22)20-8-3-11-21-12-9-19-10-13-21/h4-7,15,19H,3,8-14H2,1-2H3,(H,20,22). The Bertz CT molecular complexity index is 470. The summed E-state index contributed by atoms with van der Waals surface area (Å²) in [6, 6.07) is 7.94. The first-order chi connectivity index (χ1) is 11.2. The molecule has 0 aliphatic carbocycles. The lowest BCUT2D eigenvalue weighted by atomic mass is 9.97. The first-order valence-electron chi connectivity index (χ1n) is 8.53. The third-order valence-corrected chi connectivity index (χ3v) is 4.36. The van der Waals surface area contributed by atoms with E-state index >= 15 is 0 Å². The topological polar surface area (TPSA) is 53.6 Å². The van der Waals surface area contributed by atoms with E-state index in [0.717, 1.165) is 51.4 Å². The minimum absolute atomic E-state index is 0.133. The van der Waals surface area contributed by atoms with Crippen LogP contribution in [-0.2, 0) is 4.79 Å². The highest BCUT2D eigenvalue weighted by Gasteiger charge is 2.12. The van der Waals surface area contributed by atoms with Gasteiger partial charge in [-0.3, -0.25) is 4.79 Å². The monoisotopic (exact) mass is 319 g/mol. The van der Waals surface area contributed by atoms with Gasteiger partial charge in [0.15, 0.2) is 0 Å². The van der Waals surface area contributed by atoms with Gasteiger partial charge < -0.3 is 20.3 Å². The first kappa shape index (κ1) is 17.8. The molecule has 1 aliphatic rings. The summed E-state index contributed by atoms with van der Waals surface area (Å²) in [6.07, 6.45) is 1.54. The van der Waals surface area contributed by atoms with Gasteiger partial charge in [-0.2, -0.15) is 0 Å². The van der Waals surface area contributed by atoms with Crippen LogP contribution in [0.25, 0.3) is 0 Å². The molecule has 1 fully saturated rings. The van der Waals surface area contributed by atoms with Crippen LogP contribution in [-0.4, -0.2) is 57.2 Å². The molecule has 1 heterocycles.